The van der Waals surface area contributed by atoms with Gasteiger partial charge >= 0.3 is 0 Å². The van der Waals surface area contributed by atoms with Crippen LogP contribution in [0.4, 0.5) is 17.1 Å². The van der Waals surface area contributed by atoms with E-state index in [1.165, 1.54) is 21.8 Å². The normalized spacial score (nSPS) is 11.1. The minimum atomic E-state index is 1.11. The Labute approximate surface area is 199 Å². The molecular weight excluding hydrogens is 412 g/mol. The lowest BCUT2D eigenvalue weighted by atomic mass is 10.1. The number of fused-ring (bicyclic) bond motifs is 3. The van der Waals surface area contributed by atoms with Crippen LogP contribution in [0.2, 0.25) is 0 Å². The van der Waals surface area contributed by atoms with Gasteiger partial charge in [0, 0.05) is 33.5 Å². The van der Waals surface area contributed by atoms with Gasteiger partial charge in [0.15, 0.2) is 0 Å². The molecule has 0 aliphatic heterocycles. The topological polar surface area (TPSA) is 8.17 Å². The third kappa shape index (κ3) is 3.37. The second kappa shape index (κ2) is 8.42. The van der Waals surface area contributed by atoms with E-state index in [1.54, 1.807) is 0 Å². The molecule has 6 aromatic rings. The van der Waals surface area contributed by atoms with Gasteiger partial charge < -0.3 is 9.47 Å². The summed E-state index contributed by atoms with van der Waals surface area (Å²) in [7, 11) is 0. The van der Waals surface area contributed by atoms with Crippen molar-refractivity contribution in [1.29, 1.82) is 0 Å². The quantitative estimate of drug-likeness (QED) is 0.262. The number of anilines is 3. The molecule has 6 rings (SSSR count). The molecule has 34 heavy (non-hydrogen) atoms. The number of benzene rings is 5. The van der Waals surface area contributed by atoms with Crippen LogP contribution >= 0.6 is 0 Å². The van der Waals surface area contributed by atoms with Gasteiger partial charge in [0.25, 0.3) is 0 Å². The van der Waals surface area contributed by atoms with Crippen molar-refractivity contribution in [3.63, 3.8) is 0 Å². The van der Waals surface area contributed by atoms with E-state index < -0.39 is 0 Å². The van der Waals surface area contributed by atoms with Crippen molar-refractivity contribution in [2.45, 2.75) is 0 Å². The number of nitrogens with zero attached hydrogens (tertiary/aromatic N) is 2. The van der Waals surface area contributed by atoms with Crippen LogP contribution in [-0.4, -0.2) is 4.57 Å². The first kappa shape index (κ1) is 20.1. The molecule has 162 valence electrons. The Morgan fingerprint density at radius 2 is 1.12 bits per heavy atom. The SMILES string of the molecule is C=Cc1ccc(N(c2ccccc2)c2ccc3c4ccccc4n(-c4ccccc4)c3c2)cc1. The summed E-state index contributed by atoms with van der Waals surface area (Å²) in [5, 5.41) is 2.51. The van der Waals surface area contributed by atoms with Crippen molar-refractivity contribution >= 4 is 44.9 Å². The van der Waals surface area contributed by atoms with Crippen LogP contribution in [-0.2, 0) is 0 Å². The molecule has 2 heteroatoms. The molecular formula is C32H24N2. The van der Waals surface area contributed by atoms with Crippen molar-refractivity contribution in [3.8, 4) is 5.69 Å². The number of para-hydroxylation sites is 3. The smallest absolute Gasteiger partial charge is 0.0561 e. The average Bonchev–Trinajstić information content (AvgIpc) is 3.24. The monoisotopic (exact) mass is 436 g/mol. The molecule has 0 N–H and O–H groups in total. The Balaban J connectivity index is 1.62. The third-order valence-corrected chi connectivity index (χ3v) is 6.33. The number of hydrogen-bond donors (Lipinski definition) is 0. The van der Waals surface area contributed by atoms with Gasteiger partial charge in [-0.1, -0.05) is 85.5 Å². The highest BCUT2D eigenvalue weighted by Crippen LogP contribution is 2.39. The highest BCUT2D eigenvalue weighted by atomic mass is 15.1. The molecule has 0 saturated heterocycles. The second-order valence-corrected chi connectivity index (χ2v) is 8.36. The van der Waals surface area contributed by atoms with E-state index in [4.69, 9.17) is 0 Å². The Kier molecular flexibility index (Phi) is 4.97. The highest BCUT2D eigenvalue weighted by Gasteiger charge is 2.17. The van der Waals surface area contributed by atoms with Crippen LogP contribution in [0, 0.1) is 0 Å². The molecule has 0 atom stereocenters. The van der Waals surface area contributed by atoms with Crippen molar-refractivity contribution in [3.05, 3.63) is 140 Å². The lowest BCUT2D eigenvalue weighted by Crippen LogP contribution is -2.10. The fraction of sp³-hybridized carbons (Fsp3) is 0. The summed E-state index contributed by atoms with van der Waals surface area (Å²) in [5.41, 5.74) is 8.01. The van der Waals surface area contributed by atoms with Crippen LogP contribution in [0.1, 0.15) is 5.56 Å². The molecule has 0 bridgehead atoms. The Bertz CT molecular complexity index is 1590. The van der Waals surface area contributed by atoms with Gasteiger partial charge in [-0.2, -0.15) is 0 Å². The van der Waals surface area contributed by atoms with Gasteiger partial charge in [0.2, 0.25) is 0 Å². The van der Waals surface area contributed by atoms with Gasteiger partial charge in [0.1, 0.15) is 0 Å². The maximum Gasteiger partial charge on any atom is 0.0561 e. The summed E-state index contributed by atoms with van der Waals surface area (Å²) in [5.74, 6) is 0. The molecule has 0 unspecified atom stereocenters. The van der Waals surface area contributed by atoms with E-state index in [0.717, 1.165) is 28.3 Å². The van der Waals surface area contributed by atoms with E-state index in [2.05, 4.69) is 143 Å². The Morgan fingerprint density at radius 3 is 1.85 bits per heavy atom. The van der Waals surface area contributed by atoms with Crippen LogP contribution < -0.4 is 4.90 Å². The average molecular weight is 437 g/mol. The van der Waals surface area contributed by atoms with E-state index in [0.29, 0.717) is 0 Å². The van der Waals surface area contributed by atoms with Crippen molar-refractivity contribution in [2.24, 2.45) is 0 Å². The second-order valence-electron chi connectivity index (χ2n) is 8.36. The molecule has 5 aromatic carbocycles. The Morgan fingerprint density at radius 1 is 0.529 bits per heavy atom. The zero-order valence-corrected chi connectivity index (χ0v) is 18.8. The summed E-state index contributed by atoms with van der Waals surface area (Å²) < 4.78 is 2.36. The van der Waals surface area contributed by atoms with Crippen LogP contribution in [0.15, 0.2) is 134 Å². The van der Waals surface area contributed by atoms with Gasteiger partial charge in [-0.3, -0.25) is 0 Å². The maximum atomic E-state index is 3.90. The zero-order chi connectivity index (χ0) is 22.9. The van der Waals surface area contributed by atoms with Crippen LogP contribution in [0.25, 0.3) is 33.6 Å². The standard InChI is InChI=1S/C32H24N2/c1-2-24-17-19-27(20-18-24)33(25-11-5-3-6-12-25)28-21-22-30-29-15-9-10-16-31(29)34(32(30)23-28)26-13-7-4-8-14-26/h2-23H,1H2. The molecule has 0 amide bonds. The van der Waals surface area contributed by atoms with E-state index in [9.17, 15) is 0 Å². The van der Waals surface area contributed by atoms with E-state index in [-0.39, 0.29) is 0 Å². The predicted molar refractivity (Wildman–Crippen MR) is 146 cm³/mol. The molecule has 0 spiro atoms. The molecule has 0 aliphatic carbocycles. The first-order valence-electron chi connectivity index (χ1n) is 11.5. The summed E-state index contributed by atoms with van der Waals surface area (Å²) in [6.07, 6.45) is 1.88. The van der Waals surface area contributed by atoms with Crippen molar-refractivity contribution < 1.29 is 0 Å². The third-order valence-electron chi connectivity index (χ3n) is 6.33. The fourth-order valence-corrected chi connectivity index (χ4v) is 4.74. The summed E-state index contributed by atoms with van der Waals surface area (Å²) in [4.78, 5) is 2.30. The Hall–Kier alpha value is -4.56. The lowest BCUT2D eigenvalue weighted by molar-refractivity contribution is 1.18. The number of aromatic nitrogens is 1. The summed E-state index contributed by atoms with van der Waals surface area (Å²) >= 11 is 0. The van der Waals surface area contributed by atoms with Gasteiger partial charge in [0.05, 0.1) is 11.0 Å². The fourth-order valence-electron chi connectivity index (χ4n) is 4.74. The number of hydrogen-bond acceptors (Lipinski definition) is 1. The van der Waals surface area contributed by atoms with Crippen molar-refractivity contribution in [2.75, 3.05) is 4.90 Å². The van der Waals surface area contributed by atoms with Gasteiger partial charge in [-0.05, 0) is 60.2 Å². The molecule has 0 saturated carbocycles. The minimum absolute atomic E-state index is 1.11. The first-order valence-corrected chi connectivity index (χ1v) is 11.5. The predicted octanol–water partition coefficient (Wildman–Crippen LogP) is 8.90. The van der Waals surface area contributed by atoms with Gasteiger partial charge in [-0.25, -0.2) is 0 Å². The molecule has 0 fully saturated rings. The number of rotatable bonds is 5. The summed E-state index contributed by atoms with van der Waals surface area (Å²) in [6, 6.07) is 45.0. The molecule has 1 heterocycles. The van der Waals surface area contributed by atoms with Gasteiger partial charge in [-0.15, -0.1) is 0 Å². The van der Waals surface area contributed by atoms with Crippen LogP contribution in [0.5, 0.6) is 0 Å². The molecule has 2 nitrogen and oxygen atoms in total. The van der Waals surface area contributed by atoms with Crippen molar-refractivity contribution in [1.82, 2.24) is 4.57 Å². The molecule has 0 radical (unpaired) electrons. The van der Waals surface area contributed by atoms with Crippen LogP contribution in [0.3, 0.4) is 0 Å². The summed E-state index contributed by atoms with van der Waals surface area (Å²) in [6.45, 7) is 3.90. The lowest BCUT2D eigenvalue weighted by Gasteiger charge is -2.26. The molecule has 0 aliphatic rings. The maximum absolute atomic E-state index is 3.90. The first-order chi connectivity index (χ1) is 16.8. The van der Waals surface area contributed by atoms with E-state index >= 15 is 0 Å². The highest BCUT2D eigenvalue weighted by molar-refractivity contribution is 6.10. The zero-order valence-electron chi connectivity index (χ0n) is 18.8. The molecule has 1 aromatic heterocycles. The largest absolute Gasteiger partial charge is 0.310 e. The minimum Gasteiger partial charge on any atom is -0.310 e. The van der Waals surface area contributed by atoms with E-state index in [1.807, 2.05) is 6.08 Å².